The molecule has 1 fully saturated rings. The Balaban J connectivity index is 0.000000221. The molecule has 1 saturated heterocycles. The third kappa shape index (κ3) is 4.59. The molecule has 4 rings (SSSR count). The summed E-state index contributed by atoms with van der Waals surface area (Å²) in [4.78, 5) is 18.8. The van der Waals surface area contributed by atoms with Gasteiger partial charge < -0.3 is 9.80 Å². The lowest BCUT2D eigenvalue weighted by Gasteiger charge is -2.39. The number of aromatic nitrogens is 3. The zero-order valence-corrected chi connectivity index (χ0v) is 16.2. The van der Waals surface area contributed by atoms with Crippen LogP contribution in [0.2, 0.25) is 5.15 Å². The number of nitrogens with zero attached hydrogens (tertiary/aromatic N) is 5. The van der Waals surface area contributed by atoms with Crippen molar-refractivity contribution in [2.24, 2.45) is 0 Å². The Kier molecular flexibility index (Phi) is 6.32. The topological polar surface area (TPSA) is 62.2 Å². The third-order valence-corrected chi connectivity index (χ3v) is 4.83. The van der Waals surface area contributed by atoms with Gasteiger partial charge in [0.2, 0.25) is 0 Å². The standard InChI is InChI=1S/C13H16ClN5.C7H6O/c1-9-8-18(2)5-6-19(9)13-11-7-15-4-3-10(11)12(14)16-17-13;8-6-7-4-2-1-3-5-7/h3-4,7,9H,5-6,8H2,1-2H3;1-6H. The highest BCUT2D eigenvalue weighted by Crippen LogP contribution is 2.29. The predicted octanol–water partition coefficient (Wildman–Crippen LogP) is 3.32. The lowest BCUT2D eigenvalue weighted by Crippen LogP contribution is -2.51. The number of hydrogen-bond acceptors (Lipinski definition) is 6. The summed E-state index contributed by atoms with van der Waals surface area (Å²) in [6.07, 6.45) is 4.38. The Morgan fingerprint density at radius 3 is 2.56 bits per heavy atom. The van der Waals surface area contributed by atoms with E-state index in [1.54, 1.807) is 18.3 Å². The summed E-state index contributed by atoms with van der Waals surface area (Å²) < 4.78 is 0. The second kappa shape index (κ2) is 8.88. The van der Waals surface area contributed by atoms with Crippen LogP contribution in [-0.2, 0) is 0 Å². The van der Waals surface area contributed by atoms with Crippen LogP contribution < -0.4 is 4.90 Å². The molecule has 0 bridgehead atoms. The summed E-state index contributed by atoms with van der Waals surface area (Å²) in [6, 6.07) is 11.4. The summed E-state index contributed by atoms with van der Waals surface area (Å²) in [5.74, 6) is 0.883. The zero-order valence-electron chi connectivity index (χ0n) is 15.4. The first-order chi connectivity index (χ1) is 13.1. The minimum Gasteiger partial charge on any atom is -0.349 e. The van der Waals surface area contributed by atoms with E-state index >= 15 is 0 Å². The highest BCUT2D eigenvalue weighted by atomic mass is 35.5. The number of benzene rings is 1. The number of pyridine rings is 1. The van der Waals surface area contributed by atoms with Crippen molar-refractivity contribution in [1.82, 2.24) is 20.1 Å². The van der Waals surface area contributed by atoms with Crippen molar-refractivity contribution >= 4 is 34.5 Å². The first-order valence-corrected chi connectivity index (χ1v) is 9.19. The lowest BCUT2D eigenvalue weighted by molar-refractivity contribution is 0.112. The number of piperazine rings is 1. The van der Waals surface area contributed by atoms with Crippen molar-refractivity contribution in [2.45, 2.75) is 13.0 Å². The lowest BCUT2D eigenvalue weighted by atomic mass is 10.1. The van der Waals surface area contributed by atoms with Gasteiger partial charge in [0, 0.05) is 54.4 Å². The number of rotatable bonds is 2. The molecule has 1 aliphatic rings. The summed E-state index contributed by atoms with van der Waals surface area (Å²) in [7, 11) is 2.14. The van der Waals surface area contributed by atoms with E-state index in [-0.39, 0.29) is 0 Å². The molecular weight excluding hydrogens is 362 g/mol. The van der Waals surface area contributed by atoms with Crippen molar-refractivity contribution in [3.8, 4) is 0 Å². The molecule has 0 radical (unpaired) electrons. The van der Waals surface area contributed by atoms with Crippen LogP contribution in [0, 0.1) is 0 Å². The van der Waals surface area contributed by atoms with E-state index in [0.29, 0.717) is 11.2 Å². The summed E-state index contributed by atoms with van der Waals surface area (Å²) >= 11 is 6.10. The summed E-state index contributed by atoms with van der Waals surface area (Å²) in [5.41, 5.74) is 0.729. The average molecular weight is 384 g/mol. The van der Waals surface area contributed by atoms with Crippen molar-refractivity contribution in [3.63, 3.8) is 0 Å². The van der Waals surface area contributed by atoms with Gasteiger partial charge in [-0.2, -0.15) is 0 Å². The van der Waals surface area contributed by atoms with Crippen molar-refractivity contribution in [2.75, 3.05) is 31.6 Å². The highest BCUT2D eigenvalue weighted by Gasteiger charge is 2.24. The molecule has 0 aliphatic carbocycles. The maximum Gasteiger partial charge on any atom is 0.161 e. The van der Waals surface area contributed by atoms with E-state index in [4.69, 9.17) is 11.6 Å². The zero-order chi connectivity index (χ0) is 19.2. The van der Waals surface area contributed by atoms with Crippen LogP contribution in [-0.4, -0.2) is 59.1 Å². The molecule has 140 valence electrons. The molecule has 0 amide bonds. The number of carbonyl (C=O) groups is 1. The normalized spacial score (nSPS) is 17.3. The van der Waals surface area contributed by atoms with E-state index in [1.807, 2.05) is 30.5 Å². The number of fused-ring (bicyclic) bond motifs is 1. The van der Waals surface area contributed by atoms with Crippen LogP contribution in [0.1, 0.15) is 17.3 Å². The molecule has 1 unspecified atom stereocenters. The van der Waals surface area contributed by atoms with E-state index in [9.17, 15) is 4.79 Å². The first kappa shape index (κ1) is 19.2. The molecule has 7 heteroatoms. The minimum absolute atomic E-state index is 0.401. The van der Waals surface area contributed by atoms with Crippen molar-refractivity contribution < 1.29 is 4.79 Å². The molecule has 0 spiro atoms. The number of anilines is 1. The fourth-order valence-electron chi connectivity index (χ4n) is 3.15. The second-order valence-electron chi connectivity index (χ2n) is 6.57. The van der Waals surface area contributed by atoms with E-state index in [0.717, 1.165) is 48.1 Å². The van der Waals surface area contributed by atoms with Crippen molar-refractivity contribution in [1.29, 1.82) is 0 Å². The second-order valence-corrected chi connectivity index (χ2v) is 6.93. The van der Waals surface area contributed by atoms with Crippen LogP contribution in [0.25, 0.3) is 10.8 Å². The van der Waals surface area contributed by atoms with Gasteiger partial charge in [0.15, 0.2) is 11.0 Å². The van der Waals surface area contributed by atoms with Crippen LogP contribution >= 0.6 is 11.6 Å². The molecule has 0 N–H and O–H groups in total. The highest BCUT2D eigenvalue weighted by molar-refractivity contribution is 6.34. The maximum absolute atomic E-state index is 10.0. The van der Waals surface area contributed by atoms with Crippen LogP contribution in [0.3, 0.4) is 0 Å². The molecule has 1 aromatic carbocycles. The van der Waals surface area contributed by atoms with E-state index in [1.165, 1.54) is 0 Å². The molecule has 2 aromatic heterocycles. The maximum atomic E-state index is 10.0. The van der Waals surface area contributed by atoms with Gasteiger partial charge in [0.05, 0.1) is 0 Å². The molecule has 1 atom stereocenters. The number of halogens is 1. The molecule has 0 saturated carbocycles. The molecule has 1 aliphatic heterocycles. The van der Waals surface area contributed by atoms with Crippen LogP contribution in [0.15, 0.2) is 48.8 Å². The van der Waals surface area contributed by atoms with Gasteiger partial charge in [-0.1, -0.05) is 41.9 Å². The summed E-state index contributed by atoms with van der Waals surface area (Å²) in [6.45, 7) is 5.19. The van der Waals surface area contributed by atoms with Gasteiger partial charge >= 0.3 is 0 Å². The molecule has 3 aromatic rings. The van der Waals surface area contributed by atoms with E-state index < -0.39 is 0 Å². The first-order valence-electron chi connectivity index (χ1n) is 8.81. The number of carbonyl (C=O) groups excluding carboxylic acids is 1. The van der Waals surface area contributed by atoms with Crippen LogP contribution in [0.5, 0.6) is 0 Å². The largest absolute Gasteiger partial charge is 0.349 e. The SMILES string of the molecule is CC1CN(C)CCN1c1nnc(Cl)c2ccncc12.O=Cc1ccccc1. The number of hydrogen-bond donors (Lipinski definition) is 0. The Bertz CT molecular complexity index is 905. The number of likely N-dealkylation sites (N-methyl/N-ethyl adjacent to an activating group) is 1. The predicted molar refractivity (Wildman–Crippen MR) is 108 cm³/mol. The van der Waals surface area contributed by atoms with Crippen LogP contribution in [0.4, 0.5) is 5.82 Å². The number of aldehydes is 1. The molecule has 3 heterocycles. The Hall–Kier alpha value is -2.57. The summed E-state index contributed by atoms with van der Waals surface area (Å²) in [5, 5.41) is 10.7. The average Bonchev–Trinajstić information content (AvgIpc) is 2.70. The molecule has 27 heavy (non-hydrogen) atoms. The van der Waals surface area contributed by atoms with Gasteiger partial charge in [-0.25, -0.2) is 0 Å². The Morgan fingerprint density at radius 2 is 1.89 bits per heavy atom. The van der Waals surface area contributed by atoms with Crippen molar-refractivity contribution in [3.05, 3.63) is 59.5 Å². The smallest absolute Gasteiger partial charge is 0.161 e. The third-order valence-electron chi connectivity index (χ3n) is 4.56. The van der Waals surface area contributed by atoms with Gasteiger partial charge in [0.1, 0.15) is 6.29 Å². The fraction of sp³-hybridized carbons (Fsp3) is 0.300. The van der Waals surface area contributed by atoms with Gasteiger partial charge in [-0.15, -0.1) is 10.2 Å². The Labute approximate surface area is 163 Å². The van der Waals surface area contributed by atoms with Gasteiger partial charge in [-0.3, -0.25) is 9.78 Å². The van der Waals surface area contributed by atoms with Gasteiger partial charge in [-0.05, 0) is 20.0 Å². The Morgan fingerprint density at radius 1 is 1.11 bits per heavy atom. The molecular formula is C20H22ClN5O. The quantitative estimate of drug-likeness (QED) is 0.632. The van der Waals surface area contributed by atoms with Gasteiger partial charge in [0.25, 0.3) is 0 Å². The minimum atomic E-state index is 0.401. The monoisotopic (exact) mass is 383 g/mol. The fourth-order valence-corrected chi connectivity index (χ4v) is 3.35. The van der Waals surface area contributed by atoms with E-state index in [2.05, 4.69) is 39.0 Å². The molecule has 6 nitrogen and oxygen atoms in total.